The van der Waals surface area contributed by atoms with Gasteiger partial charge in [-0.2, -0.15) is 0 Å². The van der Waals surface area contributed by atoms with Crippen LogP contribution in [-0.2, 0) is 4.79 Å². The van der Waals surface area contributed by atoms with E-state index < -0.39 is 0 Å². The number of hydrogen-bond donors (Lipinski definition) is 2. The number of halogens is 1. The number of nitrogens with one attached hydrogen (secondary N) is 2. The second kappa shape index (κ2) is 7.01. The number of fused-ring (bicyclic) bond motifs is 1. The average Bonchev–Trinajstić information content (AvgIpc) is 2.85. The van der Waals surface area contributed by atoms with Crippen LogP contribution in [0.1, 0.15) is 46.0 Å². The van der Waals surface area contributed by atoms with Gasteiger partial charge in [-0.1, -0.05) is 24.4 Å². The summed E-state index contributed by atoms with van der Waals surface area (Å²) in [5.41, 5.74) is 1.19. The van der Waals surface area contributed by atoms with Crippen LogP contribution >= 0.6 is 11.6 Å². The van der Waals surface area contributed by atoms with Crippen LogP contribution in [0.4, 0.5) is 16.2 Å². The lowest BCUT2D eigenvalue weighted by Gasteiger charge is -2.33. The lowest BCUT2D eigenvalue weighted by Crippen LogP contribution is -2.44. The number of anilines is 2. The minimum absolute atomic E-state index is 0.0777. The van der Waals surface area contributed by atoms with Crippen molar-refractivity contribution in [3.05, 3.63) is 23.2 Å². The molecule has 1 aromatic carbocycles. The van der Waals surface area contributed by atoms with E-state index in [1.165, 1.54) is 26.2 Å². The third-order valence-electron chi connectivity index (χ3n) is 5.11. The van der Waals surface area contributed by atoms with E-state index in [1.54, 1.807) is 18.2 Å². The average molecular weight is 350 g/mol. The Hall–Kier alpha value is -1.75. The van der Waals surface area contributed by atoms with E-state index in [1.807, 2.05) is 4.90 Å². The molecule has 2 fully saturated rings. The lowest BCUT2D eigenvalue weighted by molar-refractivity contribution is -0.114. The first kappa shape index (κ1) is 17.1. The fourth-order valence-electron chi connectivity index (χ4n) is 4.14. The van der Waals surface area contributed by atoms with Gasteiger partial charge in [0.05, 0.1) is 10.7 Å². The van der Waals surface area contributed by atoms with Gasteiger partial charge in [-0.05, 0) is 50.3 Å². The van der Waals surface area contributed by atoms with Gasteiger partial charge >= 0.3 is 6.03 Å². The van der Waals surface area contributed by atoms with Crippen LogP contribution in [0, 0.1) is 5.92 Å². The topological polar surface area (TPSA) is 61.4 Å². The van der Waals surface area contributed by atoms with Crippen molar-refractivity contribution < 1.29 is 9.59 Å². The molecule has 2 N–H and O–H groups in total. The maximum absolute atomic E-state index is 12.8. The molecule has 1 aliphatic carbocycles. The molecule has 1 heterocycles. The summed E-state index contributed by atoms with van der Waals surface area (Å²) in [5.74, 6) is 0.481. The summed E-state index contributed by atoms with van der Waals surface area (Å²) in [6.45, 7) is 3.57. The summed E-state index contributed by atoms with van der Waals surface area (Å²) >= 11 is 6.25. The number of carbonyl (C=O) groups is 2. The van der Waals surface area contributed by atoms with Gasteiger partial charge in [0.1, 0.15) is 0 Å². The minimum atomic E-state index is -0.155. The second-order valence-corrected chi connectivity index (χ2v) is 7.32. The predicted molar refractivity (Wildman–Crippen MR) is 96.4 cm³/mol. The molecule has 1 saturated heterocycles. The highest BCUT2D eigenvalue weighted by molar-refractivity contribution is 6.34. The summed E-state index contributed by atoms with van der Waals surface area (Å²) in [6, 6.07) is 5.65. The SMILES string of the molecule is CC(=O)Nc1ccc(NC(=O)N2[C@H](C)C[C@H]3CCCC[C@@H]32)c(Cl)c1. The third kappa shape index (κ3) is 3.51. The van der Waals surface area contributed by atoms with Gasteiger partial charge in [-0.25, -0.2) is 4.79 Å². The van der Waals surface area contributed by atoms with Gasteiger partial charge in [0.25, 0.3) is 0 Å². The van der Waals surface area contributed by atoms with Crippen LogP contribution in [0.5, 0.6) is 0 Å². The number of benzene rings is 1. The normalized spacial score (nSPS) is 26.0. The molecule has 6 heteroatoms. The molecule has 3 amide bonds. The second-order valence-electron chi connectivity index (χ2n) is 6.91. The number of carbonyl (C=O) groups excluding carboxylic acids is 2. The lowest BCUT2D eigenvalue weighted by atomic mass is 9.85. The highest BCUT2D eigenvalue weighted by Gasteiger charge is 2.42. The Kier molecular flexibility index (Phi) is 4.99. The molecule has 0 spiro atoms. The van der Waals surface area contributed by atoms with Crippen LogP contribution < -0.4 is 10.6 Å². The first-order valence-corrected chi connectivity index (χ1v) is 9.00. The Morgan fingerprint density at radius 2 is 1.96 bits per heavy atom. The zero-order valence-electron chi connectivity index (χ0n) is 14.1. The molecule has 0 unspecified atom stereocenters. The monoisotopic (exact) mass is 349 g/mol. The summed E-state index contributed by atoms with van der Waals surface area (Å²) in [7, 11) is 0. The number of rotatable bonds is 2. The Bertz CT molecular complexity index is 649. The quantitative estimate of drug-likeness (QED) is 0.826. The molecule has 1 saturated carbocycles. The smallest absolute Gasteiger partial charge is 0.322 e. The Labute approximate surface area is 147 Å². The summed E-state index contributed by atoms with van der Waals surface area (Å²) in [6.07, 6.45) is 5.89. The van der Waals surface area contributed by atoms with E-state index in [2.05, 4.69) is 17.6 Å². The van der Waals surface area contributed by atoms with Crippen LogP contribution in [0.3, 0.4) is 0 Å². The van der Waals surface area contributed by atoms with Gasteiger partial charge in [-0.15, -0.1) is 0 Å². The largest absolute Gasteiger partial charge is 0.326 e. The van der Waals surface area contributed by atoms with Crippen LogP contribution in [0.2, 0.25) is 5.02 Å². The van der Waals surface area contributed by atoms with E-state index in [0.29, 0.717) is 28.4 Å². The molecular formula is C18H24ClN3O2. The van der Waals surface area contributed by atoms with Crippen LogP contribution in [-0.4, -0.2) is 28.9 Å². The molecule has 0 radical (unpaired) electrons. The van der Waals surface area contributed by atoms with Gasteiger partial charge in [0.15, 0.2) is 0 Å². The van der Waals surface area contributed by atoms with Gasteiger partial charge < -0.3 is 15.5 Å². The molecule has 1 aromatic rings. The fraction of sp³-hybridized carbons (Fsp3) is 0.556. The highest BCUT2D eigenvalue weighted by Crippen LogP contribution is 2.40. The number of likely N-dealkylation sites (tertiary alicyclic amines) is 1. The van der Waals surface area contributed by atoms with Crippen LogP contribution in [0.15, 0.2) is 18.2 Å². The van der Waals surface area contributed by atoms with Crippen molar-refractivity contribution in [2.24, 2.45) is 5.92 Å². The molecule has 1 aliphatic heterocycles. The standard InChI is InChI=1S/C18H24ClN3O2/c1-11-9-13-5-3-4-6-17(13)22(11)18(24)21-16-8-7-14(10-15(16)19)20-12(2)23/h7-8,10-11,13,17H,3-6,9H2,1-2H3,(H,20,23)(H,21,24)/t11-,13-,17+/m1/s1. The van der Waals surface area contributed by atoms with E-state index in [-0.39, 0.29) is 18.0 Å². The fourth-order valence-corrected chi connectivity index (χ4v) is 4.36. The summed E-state index contributed by atoms with van der Waals surface area (Å²) < 4.78 is 0. The first-order chi connectivity index (χ1) is 11.5. The number of hydrogen-bond acceptors (Lipinski definition) is 2. The van der Waals surface area contributed by atoms with Crippen molar-refractivity contribution in [2.75, 3.05) is 10.6 Å². The van der Waals surface area contributed by atoms with Crippen LogP contribution in [0.25, 0.3) is 0 Å². The van der Waals surface area contributed by atoms with E-state index in [9.17, 15) is 9.59 Å². The molecule has 5 nitrogen and oxygen atoms in total. The minimum Gasteiger partial charge on any atom is -0.326 e. The van der Waals surface area contributed by atoms with Crippen molar-refractivity contribution >= 4 is 34.9 Å². The molecule has 24 heavy (non-hydrogen) atoms. The zero-order valence-corrected chi connectivity index (χ0v) is 14.9. The number of nitrogens with zero attached hydrogens (tertiary/aromatic N) is 1. The molecule has 3 atom stereocenters. The predicted octanol–water partition coefficient (Wildman–Crippen LogP) is 4.48. The molecule has 3 rings (SSSR count). The molecular weight excluding hydrogens is 326 g/mol. The number of urea groups is 1. The van der Waals surface area contributed by atoms with Crippen molar-refractivity contribution in [3.63, 3.8) is 0 Å². The van der Waals surface area contributed by atoms with Crippen molar-refractivity contribution in [2.45, 2.75) is 58.0 Å². The Morgan fingerprint density at radius 3 is 2.67 bits per heavy atom. The van der Waals surface area contributed by atoms with Gasteiger partial charge in [0.2, 0.25) is 5.91 Å². The maximum Gasteiger partial charge on any atom is 0.322 e. The van der Waals surface area contributed by atoms with Crippen molar-refractivity contribution in [3.8, 4) is 0 Å². The van der Waals surface area contributed by atoms with E-state index >= 15 is 0 Å². The Balaban J connectivity index is 1.71. The highest BCUT2D eigenvalue weighted by atomic mass is 35.5. The molecule has 130 valence electrons. The first-order valence-electron chi connectivity index (χ1n) is 8.62. The molecule has 0 bridgehead atoms. The van der Waals surface area contributed by atoms with E-state index in [4.69, 9.17) is 11.6 Å². The third-order valence-corrected chi connectivity index (χ3v) is 5.42. The van der Waals surface area contributed by atoms with Gasteiger partial charge in [-0.3, -0.25) is 4.79 Å². The Morgan fingerprint density at radius 1 is 1.21 bits per heavy atom. The van der Waals surface area contributed by atoms with Crippen molar-refractivity contribution in [1.29, 1.82) is 0 Å². The maximum atomic E-state index is 12.8. The number of amides is 3. The van der Waals surface area contributed by atoms with Gasteiger partial charge in [0, 0.05) is 24.7 Å². The molecule has 0 aromatic heterocycles. The molecule has 2 aliphatic rings. The van der Waals surface area contributed by atoms with E-state index in [0.717, 1.165) is 12.8 Å². The summed E-state index contributed by atoms with van der Waals surface area (Å²) in [5, 5.41) is 6.04. The zero-order chi connectivity index (χ0) is 17.3. The summed E-state index contributed by atoms with van der Waals surface area (Å²) in [4.78, 5) is 25.9. The van der Waals surface area contributed by atoms with Crippen molar-refractivity contribution in [1.82, 2.24) is 4.90 Å².